The molecule has 0 unspecified atom stereocenters. The Morgan fingerprint density at radius 3 is 2.77 bits per heavy atom. The first-order valence-corrected chi connectivity index (χ1v) is 8.76. The highest BCUT2D eigenvalue weighted by molar-refractivity contribution is 9.10. The molecule has 2 aromatic rings. The summed E-state index contributed by atoms with van der Waals surface area (Å²) in [5.74, 6) is 0.504. The summed E-state index contributed by atoms with van der Waals surface area (Å²) in [6.45, 7) is 3.03. The van der Waals surface area contributed by atoms with E-state index in [-0.39, 0.29) is 6.10 Å². The first-order chi connectivity index (χ1) is 10.7. The maximum absolute atomic E-state index is 6.19. The lowest BCUT2D eigenvalue weighted by atomic mass is 9.77. The van der Waals surface area contributed by atoms with Crippen molar-refractivity contribution in [3.05, 3.63) is 63.6 Å². The molecule has 2 aromatic carbocycles. The molecule has 1 fully saturated rings. The number of ether oxygens (including phenoxy) is 1. The third kappa shape index (κ3) is 2.46. The Bertz CT molecular complexity index is 682. The molecule has 2 aliphatic rings. The van der Waals surface area contributed by atoms with Gasteiger partial charge in [-0.1, -0.05) is 45.8 Å². The highest BCUT2D eigenvalue weighted by Crippen LogP contribution is 2.49. The van der Waals surface area contributed by atoms with E-state index < -0.39 is 0 Å². The van der Waals surface area contributed by atoms with E-state index in [0.29, 0.717) is 12.0 Å². The highest BCUT2D eigenvalue weighted by atomic mass is 79.9. The predicted octanol–water partition coefficient (Wildman–Crippen LogP) is 5.39. The van der Waals surface area contributed by atoms with Gasteiger partial charge >= 0.3 is 0 Å². The van der Waals surface area contributed by atoms with Crippen LogP contribution in [0.25, 0.3) is 0 Å². The van der Waals surface area contributed by atoms with Crippen molar-refractivity contribution in [3.8, 4) is 0 Å². The fourth-order valence-electron chi connectivity index (χ4n) is 3.79. The van der Waals surface area contributed by atoms with Crippen molar-refractivity contribution in [1.82, 2.24) is 0 Å². The molecule has 0 saturated carbocycles. The number of rotatable bonds is 1. The van der Waals surface area contributed by atoms with Gasteiger partial charge in [-0.2, -0.15) is 0 Å². The summed E-state index contributed by atoms with van der Waals surface area (Å²) in [5, 5.41) is 3.76. The zero-order chi connectivity index (χ0) is 15.1. The summed E-state index contributed by atoms with van der Waals surface area (Å²) in [7, 11) is 0. The quantitative estimate of drug-likeness (QED) is 0.738. The molecule has 0 spiro atoms. The molecule has 2 aliphatic heterocycles. The zero-order valence-electron chi connectivity index (χ0n) is 12.7. The molecule has 22 heavy (non-hydrogen) atoms. The smallest absolute Gasteiger partial charge is 0.0895 e. The van der Waals surface area contributed by atoms with Crippen LogP contribution in [0.1, 0.15) is 41.7 Å². The normalized spacial score (nSPS) is 26.7. The number of benzene rings is 2. The van der Waals surface area contributed by atoms with Crippen LogP contribution < -0.4 is 5.32 Å². The van der Waals surface area contributed by atoms with Crippen molar-refractivity contribution in [2.75, 3.05) is 11.9 Å². The average Bonchev–Trinajstić information content (AvgIpc) is 2.55. The minimum absolute atomic E-state index is 0.221. The fraction of sp³-hybridized carbons (Fsp3) is 0.368. The van der Waals surface area contributed by atoms with Crippen LogP contribution in [0.15, 0.2) is 46.9 Å². The summed E-state index contributed by atoms with van der Waals surface area (Å²) < 4.78 is 7.31. The van der Waals surface area contributed by atoms with Crippen molar-refractivity contribution in [2.24, 2.45) is 5.92 Å². The minimum Gasteiger partial charge on any atom is -0.378 e. The van der Waals surface area contributed by atoms with Crippen LogP contribution in [0.4, 0.5) is 5.69 Å². The molecule has 2 heterocycles. The lowest BCUT2D eigenvalue weighted by Crippen LogP contribution is -2.36. The fourth-order valence-corrected chi connectivity index (χ4v) is 4.05. The molecule has 0 bridgehead atoms. The van der Waals surface area contributed by atoms with Gasteiger partial charge in [-0.15, -0.1) is 0 Å². The van der Waals surface area contributed by atoms with Crippen molar-refractivity contribution < 1.29 is 4.74 Å². The van der Waals surface area contributed by atoms with Crippen LogP contribution in [0.2, 0.25) is 0 Å². The van der Waals surface area contributed by atoms with Crippen molar-refractivity contribution in [3.63, 3.8) is 0 Å². The molecule has 4 rings (SSSR count). The Hall–Kier alpha value is -1.32. The van der Waals surface area contributed by atoms with Crippen molar-refractivity contribution in [2.45, 2.75) is 31.9 Å². The van der Waals surface area contributed by atoms with E-state index in [9.17, 15) is 0 Å². The molecule has 3 heteroatoms. The number of hydrogen-bond acceptors (Lipinski definition) is 2. The number of fused-ring (bicyclic) bond motifs is 3. The van der Waals surface area contributed by atoms with Crippen LogP contribution in [0.3, 0.4) is 0 Å². The van der Waals surface area contributed by atoms with Gasteiger partial charge in [-0.3, -0.25) is 0 Å². The first kappa shape index (κ1) is 14.3. The third-order valence-electron chi connectivity index (χ3n) is 4.85. The van der Waals surface area contributed by atoms with Gasteiger partial charge in [0.25, 0.3) is 0 Å². The minimum atomic E-state index is 0.221. The number of anilines is 1. The van der Waals surface area contributed by atoms with Gasteiger partial charge in [0.1, 0.15) is 0 Å². The van der Waals surface area contributed by atoms with Crippen LogP contribution in [-0.2, 0) is 4.74 Å². The van der Waals surface area contributed by atoms with Crippen molar-refractivity contribution >= 4 is 21.6 Å². The summed E-state index contributed by atoms with van der Waals surface area (Å²) in [6, 6.07) is 15.7. The standard InChI is InChI=1S/C19H20BrNO/c1-12-4-9-17-16(11-12)19-15(3-2-10-22-19)18(21-17)13-5-7-14(20)8-6-13/h4-9,11,15,18-19,21H,2-3,10H2,1H3/t15-,18-,19-/m0/s1. The maximum Gasteiger partial charge on any atom is 0.0895 e. The Kier molecular flexibility index (Phi) is 3.71. The number of nitrogens with one attached hydrogen (secondary N) is 1. The lowest BCUT2D eigenvalue weighted by molar-refractivity contribution is -0.0381. The van der Waals surface area contributed by atoms with E-state index in [0.717, 1.165) is 17.5 Å². The Morgan fingerprint density at radius 1 is 1.14 bits per heavy atom. The van der Waals surface area contributed by atoms with E-state index in [1.54, 1.807) is 0 Å². The van der Waals surface area contributed by atoms with Crippen LogP contribution >= 0.6 is 15.9 Å². The Balaban J connectivity index is 1.77. The molecular formula is C19H20BrNO. The van der Waals surface area contributed by atoms with Crippen LogP contribution in [0, 0.1) is 12.8 Å². The summed E-state index contributed by atoms with van der Waals surface area (Å²) in [5.41, 5.74) is 5.20. The Labute approximate surface area is 140 Å². The molecular weight excluding hydrogens is 338 g/mol. The predicted molar refractivity (Wildman–Crippen MR) is 93.1 cm³/mol. The van der Waals surface area contributed by atoms with Crippen LogP contribution in [-0.4, -0.2) is 6.61 Å². The second-order valence-corrected chi connectivity index (χ2v) is 7.28. The largest absolute Gasteiger partial charge is 0.378 e. The van der Waals surface area contributed by atoms with Gasteiger partial charge in [-0.05, 0) is 43.5 Å². The molecule has 3 atom stereocenters. The van der Waals surface area contributed by atoms with Gasteiger partial charge in [-0.25, -0.2) is 0 Å². The Morgan fingerprint density at radius 2 is 1.95 bits per heavy atom. The lowest BCUT2D eigenvalue weighted by Gasteiger charge is -2.43. The SMILES string of the molecule is Cc1ccc2c(c1)[C@H]1OCCC[C@H]1[C@H](c1ccc(Br)cc1)N2. The van der Waals surface area contributed by atoms with E-state index in [1.165, 1.54) is 28.8 Å². The number of hydrogen-bond donors (Lipinski definition) is 1. The molecule has 114 valence electrons. The van der Waals surface area contributed by atoms with Crippen molar-refractivity contribution in [1.29, 1.82) is 0 Å². The summed E-state index contributed by atoms with van der Waals surface area (Å²) in [6.07, 6.45) is 2.58. The monoisotopic (exact) mass is 357 g/mol. The molecule has 0 aliphatic carbocycles. The van der Waals surface area contributed by atoms with Gasteiger partial charge in [0.15, 0.2) is 0 Å². The van der Waals surface area contributed by atoms with Crippen LogP contribution in [0.5, 0.6) is 0 Å². The van der Waals surface area contributed by atoms with Gasteiger partial charge in [0, 0.05) is 28.2 Å². The molecule has 0 aromatic heterocycles. The average molecular weight is 358 g/mol. The topological polar surface area (TPSA) is 21.3 Å². The molecule has 1 saturated heterocycles. The maximum atomic E-state index is 6.19. The number of halogens is 1. The number of aryl methyl sites for hydroxylation is 1. The molecule has 0 radical (unpaired) electrons. The van der Waals surface area contributed by atoms with Gasteiger partial charge < -0.3 is 10.1 Å². The third-order valence-corrected chi connectivity index (χ3v) is 5.38. The summed E-state index contributed by atoms with van der Waals surface area (Å²) >= 11 is 3.53. The van der Waals surface area contributed by atoms with E-state index in [2.05, 4.69) is 70.6 Å². The van der Waals surface area contributed by atoms with E-state index >= 15 is 0 Å². The van der Waals surface area contributed by atoms with E-state index in [4.69, 9.17) is 4.74 Å². The molecule has 1 N–H and O–H groups in total. The first-order valence-electron chi connectivity index (χ1n) is 7.96. The second kappa shape index (κ2) is 5.71. The van der Waals surface area contributed by atoms with Gasteiger partial charge in [0.05, 0.1) is 12.1 Å². The zero-order valence-corrected chi connectivity index (χ0v) is 14.3. The second-order valence-electron chi connectivity index (χ2n) is 6.36. The molecule has 2 nitrogen and oxygen atoms in total. The van der Waals surface area contributed by atoms with E-state index in [1.807, 2.05) is 0 Å². The van der Waals surface area contributed by atoms with Gasteiger partial charge in [0.2, 0.25) is 0 Å². The summed E-state index contributed by atoms with van der Waals surface area (Å²) in [4.78, 5) is 0. The molecule has 0 amide bonds. The highest BCUT2D eigenvalue weighted by Gasteiger charge is 2.39.